The molecule has 0 aromatic carbocycles. The van der Waals surface area contributed by atoms with Crippen molar-refractivity contribution in [3.8, 4) is 0 Å². The van der Waals surface area contributed by atoms with Crippen LogP contribution in [-0.4, -0.2) is 55.8 Å². The highest BCUT2D eigenvalue weighted by Crippen LogP contribution is 1.91. The quantitative estimate of drug-likeness (QED) is 0.367. The van der Waals surface area contributed by atoms with E-state index >= 15 is 0 Å². The summed E-state index contributed by atoms with van der Waals surface area (Å²) in [4.78, 5) is 20.8. The Morgan fingerprint density at radius 3 is 2.23 bits per heavy atom. The fourth-order valence-corrected chi connectivity index (χ4v) is 0.608. The molecule has 0 bridgehead atoms. The van der Waals surface area contributed by atoms with Gasteiger partial charge in [0.15, 0.2) is 0 Å². The number of carboxylic acid groups (broad SMARTS) is 1. The van der Waals surface area contributed by atoms with E-state index in [9.17, 15) is 9.59 Å². The summed E-state index contributed by atoms with van der Waals surface area (Å²) in [5.74, 6) is -1.84. The largest absolute Gasteiger partial charge is 0.481 e. The van der Waals surface area contributed by atoms with Gasteiger partial charge in [-0.25, -0.2) is 0 Å². The molecule has 0 aliphatic rings. The molecule has 0 aliphatic carbocycles. The average molecular weight is 190 g/mol. The summed E-state index contributed by atoms with van der Waals surface area (Å²) >= 11 is 0. The van der Waals surface area contributed by atoms with E-state index in [0.29, 0.717) is 11.0 Å². The zero-order valence-corrected chi connectivity index (χ0v) is 8.24. The minimum atomic E-state index is -1.16. The number of ether oxygens (including phenoxy) is 1. The lowest BCUT2D eigenvalue weighted by Gasteiger charge is -2.23. The number of likely N-dealkylation sites (N-methyl/N-ethyl adjacent to an activating group) is 1. The van der Waals surface area contributed by atoms with E-state index in [4.69, 9.17) is 9.84 Å². The third-order valence-electron chi connectivity index (χ3n) is 1.32. The average Bonchev–Trinajstić information content (AvgIpc) is 1.81. The van der Waals surface area contributed by atoms with Crippen LogP contribution < -0.4 is 0 Å². The molecule has 5 heteroatoms. The number of carbonyl (C=O) groups excluding carboxylic acids is 1. The molecule has 0 saturated carbocycles. The van der Waals surface area contributed by atoms with Gasteiger partial charge >= 0.3 is 11.9 Å². The first-order valence-electron chi connectivity index (χ1n) is 3.99. The van der Waals surface area contributed by atoms with Crippen molar-refractivity contribution >= 4 is 11.9 Å². The monoisotopic (exact) mass is 190 g/mol. The Hall–Kier alpha value is -1.10. The third kappa shape index (κ3) is 8.81. The molecule has 1 N–H and O–H groups in total. The summed E-state index contributed by atoms with van der Waals surface area (Å²) in [6.45, 7) is 0.932. The van der Waals surface area contributed by atoms with Crippen LogP contribution in [0.3, 0.4) is 0 Å². The van der Waals surface area contributed by atoms with Crippen LogP contribution in [0.5, 0.6) is 0 Å². The zero-order chi connectivity index (χ0) is 10.5. The number of esters is 1. The molecule has 0 aliphatic heterocycles. The van der Waals surface area contributed by atoms with Crippen LogP contribution in [0.2, 0.25) is 0 Å². The molecule has 0 rings (SSSR count). The maximum absolute atomic E-state index is 10.7. The number of carbonyl (C=O) groups is 2. The highest BCUT2D eigenvalue weighted by Gasteiger charge is 2.11. The Kier molecular flexibility index (Phi) is 4.40. The molecule has 0 saturated heterocycles. The number of aliphatic carboxylic acids is 1. The third-order valence-corrected chi connectivity index (χ3v) is 1.32. The summed E-state index contributed by atoms with van der Waals surface area (Å²) in [5.41, 5.74) is 0. The van der Waals surface area contributed by atoms with E-state index in [1.807, 2.05) is 21.1 Å². The molecule has 13 heavy (non-hydrogen) atoms. The summed E-state index contributed by atoms with van der Waals surface area (Å²) in [5, 5.41) is 8.24. The van der Waals surface area contributed by atoms with E-state index in [1.165, 1.54) is 0 Å². The second kappa shape index (κ2) is 4.81. The van der Waals surface area contributed by atoms with Crippen molar-refractivity contribution in [3.05, 3.63) is 0 Å². The number of nitrogens with zero attached hydrogens (tertiary/aromatic N) is 1. The Balaban J connectivity index is 3.54. The van der Waals surface area contributed by atoms with Crippen LogP contribution in [0.15, 0.2) is 0 Å². The Morgan fingerprint density at radius 2 is 1.85 bits per heavy atom. The minimum absolute atomic E-state index is 0.260. The molecule has 0 heterocycles. The maximum atomic E-state index is 10.7. The fourth-order valence-electron chi connectivity index (χ4n) is 0.608. The van der Waals surface area contributed by atoms with Crippen LogP contribution in [0, 0.1) is 0 Å². The van der Waals surface area contributed by atoms with Crippen molar-refractivity contribution < 1.29 is 23.9 Å². The summed E-state index contributed by atoms with van der Waals surface area (Å²) in [7, 11) is 5.89. The Morgan fingerprint density at radius 1 is 1.31 bits per heavy atom. The van der Waals surface area contributed by atoms with Crippen molar-refractivity contribution in [2.45, 2.75) is 6.42 Å². The fraction of sp³-hybridized carbons (Fsp3) is 0.750. The first-order chi connectivity index (χ1) is 5.81. The molecule has 0 fully saturated rings. The highest BCUT2D eigenvalue weighted by atomic mass is 16.5. The number of carboxylic acids is 1. The van der Waals surface area contributed by atoms with Crippen molar-refractivity contribution in [2.75, 3.05) is 34.3 Å². The Bertz CT molecular complexity index is 195. The van der Waals surface area contributed by atoms with Crippen molar-refractivity contribution in [3.63, 3.8) is 0 Å². The molecule has 0 aromatic rings. The predicted molar refractivity (Wildman–Crippen MR) is 46.1 cm³/mol. The second-order valence-corrected chi connectivity index (χ2v) is 3.80. The first-order valence-corrected chi connectivity index (χ1v) is 3.99. The first kappa shape index (κ1) is 11.9. The maximum Gasteiger partial charge on any atom is 0.317 e. The number of rotatable bonds is 5. The van der Waals surface area contributed by atoms with Gasteiger partial charge < -0.3 is 14.3 Å². The van der Waals surface area contributed by atoms with Crippen LogP contribution in [-0.2, 0) is 14.3 Å². The van der Waals surface area contributed by atoms with Gasteiger partial charge in [-0.05, 0) is 0 Å². The SMILES string of the molecule is C[N+](C)(C)CCOC(=O)CC(=O)O. The van der Waals surface area contributed by atoms with E-state index in [-0.39, 0.29) is 6.61 Å². The zero-order valence-electron chi connectivity index (χ0n) is 8.24. The van der Waals surface area contributed by atoms with Gasteiger partial charge in [0.2, 0.25) is 0 Å². The molecule has 0 aromatic heterocycles. The molecule has 0 unspecified atom stereocenters. The number of quaternary nitrogens is 1. The van der Waals surface area contributed by atoms with Gasteiger partial charge in [0.1, 0.15) is 19.6 Å². The smallest absolute Gasteiger partial charge is 0.317 e. The lowest BCUT2D eigenvalue weighted by molar-refractivity contribution is -0.870. The van der Waals surface area contributed by atoms with Gasteiger partial charge in [-0.15, -0.1) is 0 Å². The summed E-state index contributed by atoms with van der Waals surface area (Å²) < 4.78 is 5.37. The van der Waals surface area contributed by atoms with Gasteiger partial charge in [0, 0.05) is 0 Å². The van der Waals surface area contributed by atoms with Gasteiger partial charge in [-0.3, -0.25) is 9.59 Å². The normalized spacial score (nSPS) is 11.0. The molecule has 5 nitrogen and oxygen atoms in total. The van der Waals surface area contributed by atoms with Crippen molar-refractivity contribution in [1.29, 1.82) is 0 Å². The van der Waals surface area contributed by atoms with Crippen LogP contribution in [0.4, 0.5) is 0 Å². The number of hydrogen-bond donors (Lipinski definition) is 1. The van der Waals surface area contributed by atoms with Gasteiger partial charge in [-0.1, -0.05) is 0 Å². The van der Waals surface area contributed by atoms with Gasteiger partial charge in [0.05, 0.1) is 21.1 Å². The van der Waals surface area contributed by atoms with E-state index < -0.39 is 18.4 Å². The predicted octanol–water partition coefficient (Wildman–Crippen LogP) is -0.289. The lowest BCUT2D eigenvalue weighted by Crippen LogP contribution is -2.38. The Labute approximate surface area is 77.5 Å². The summed E-state index contributed by atoms with van der Waals surface area (Å²) in [6.07, 6.45) is -0.558. The van der Waals surface area contributed by atoms with E-state index in [1.54, 1.807) is 0 Å². The highest BCUT2D eigenvalue weighted by molar-refractivity contribution is 5.90. The molecule has 0 radical (unpaired) electrons. The molecule has 76 valence electrons. The van der Waals surface area contributed by atoms with Crippen molar-refractivity contribution in [1.82, 2.24) is 0 Å². The molecular weight excluding hydrogens is 174 g/mol. The topological polar surface area (TPSA) is 63.6 Å². The molecule has 0 spiro atoms. The minimum Gasteiger partial charge on any atom is -0.481 e. The lowest BCUT2D eigenvalue weighted by atomic mass is 10.4. The number of hydrogen-bond acceptors (Lipinski definition) is 3. The van der Waals surface area contributed by atoms with E-state index in [2.05, 4.69) is 0 Å². The summed E-state index contributed by atoms with van der Waals surface area (Å²) in [6, 6.07) is 0. The molecule has 0 atom stereocenters. The van der Waals surface area contributed by atoms with E-state index in [0.717, 1.165) is 0 Å². The van der Waals surface area contributed by atoms with Gasteiger partial charge in [0.25, 0.3) is 0 Å². The van der Waals surface area contributed by atoms with Crippen LogP contribution in [0.1, 0.15) is 6.42 Å². The molecular formula is C8H16NO4+. The molecule has 0 amide bonds. The standard InChI is InChI=1S/C8H15NO4/c1-9(2,3)4-5-13-8(12)6-7(10)11/h4-6H2,1-3H3/p+1. The van der Waals surface area contributed by atoms with Crippen LogP contribution in [0.25, 0.3) is 0 Å². The van der Waals surface area contributed by atoms with Crippen LogP contribution >= 0.6 is 0 Å². The van der Waals surface area contributed by atoms with Crippen molar-refractivity contribution in [2.24, 2.45) is 0 Å². The van der Waals surface area contributed by atoms with Gasteiger partial charge in [-0.2, -0.15) is 0 Å². The second-order valence-electron chi connectivity index (χ2n) is 3.80.